The van der Waals surface area contributed by atoms with Gasteiger partial charge in [-0.2, -0.15) is 18.2 Å². The summed E-state index contributed by atoms with van der Waals surface area (Å²) < 4.78 is 46.3. The Morgan fingerprint density at radius 1 is 0.968 bits per heavy atom. The van der Waals surface area contributed by atoms with Crippen LogP contribution in [0.25, 0.3) is 33.9 Å². The molecule has 0 aliphatic carbocycles. The summed E-state index contributed by atoms with van der Waals surface area (Å²) in [6, 6.07) is 9.58. The van der Waals surface area contributed by atoms with Crippen molar-refractivity contribution in [3.05, 3.63) is 48.3 Å². The highest BCUT2D eigenvalue weighted by molar-refractivity contribution is 5.85. The van der Waals surface area contributed by atoms with Crippen molar-refractivity contribution in [1.29, 1.82) is 0 Å². The first kappa shape index (κ1) is 22.9. The molecule has 0 unspecified atom stereocenters. The molecule has 5 rings (SSSR count). The highest BCUT2D eigenvalue weighted by atomic mass is 35.5. The minimum absolute atomic E-state index is 0. The summed E-state index contributed by atoms with van der Waals surface area (Å²) in [5.74, 6) is 0.344. The van der Waals surface area contributed by atoms with Crippen molar-refractivity contribution in [3.8, 4) is 22.8 Å². The summed E-state index contributed by atoms with van der Waals surface area (Å²) in [5, 5.41) is 3.93. The molecule has 0 spiro atoms. The smallest absolute Gasteiger partial charge is 0.371 e. The topological polar surface area (TPSA) is 70.8 Å². The van der Waals surface area contributed by atoms with Crippen molar-refractivity contribution >= 4 is 41.5 Å². The lowest BCUT2D eigenvalue weighted by molar-refractivity contribution is -0.137. The van der Waals surface area contributed by atoms with Crippen LogP contribution >= 0.6 is 24.8 Å². The number of hydrogen-bond acceptors (Lipinski definition) is 5. The molecule has 164 valence electrons. The van der Waals surface area contributed by atoms with Gasteiger partial charge in [-0.15, -0.1) is 24.8 Å². The maximum absolute atomic E-state index is 13.7. The Bertz CT molecular complexity index is 1180. The number of rotatable bonds is 3. The van der Waals surface area contributed by atoms with Crippen LogP contribution in [0.3, 0.4) is 0 Å². The molecule has 2 aromatic carbocycles. The van der Waals surface area contributed by atoms with E-state index in [1.54, 1.807) is 23.4 Å². The normalized spacial score (nSPS) is 13.8. The number of aromatic nitrogens is 4. The molecule has 1 N–H and O–H groups in total. The van der Waals surface area contributed by atoms with Gasteiger partial charge in [-0.1, -0.05) is 5.16 Å². The van der Waals surface area contributed by atoms with Gasteiger partial charge in [0.15, 0.2) is 0 Å². The SMILES string of the molecule is Cl.Cl.FC(F)(F)c1cc(-c2nc(-c3ccc4nc[nH]c4c3)no2)ccc1N1CCCC1. The van der Waals surface area contributed by atoms with Crippen molar-refractivity contribution in [3.63, 3.8) is 0 Å². The molecule has 1 aliphatic heterocycles. The van der Waals surface area contributed by atoms with E-state index in [1.165, 1.54) is 6.07 Å². The van der Waals surface area contributed by atoms with Gasteiger partial charge in [0, 0.05) is 29.9 Å². The Hall–Kier alpha value is -2.78. The average molecular weight is 472 g/mol. The molecule has 1 aliphatic rings. The first-order chi connectivity index (χ1) is 14.0. The molecule has 0 bridgehead atoms. The Morgan fingerprint density at radius 2 is 1.71 bits per heavy atom. The van der Waals surface area contributed by atoms with Crippen LogP contribution < -0.4 is 4.90 Å². The van der Waals surface area contributed by atoms with E-state index in [9.17, 15) is 13.2 Å². The van der Waals surface area contributed by atoms with Gasteiger partial charge in [0.2, 0.25) is 5.82 Å². The number of hydrogen-bond donors (Lipinski definition) is 1. The number of nitrogens with one attached hydrogen (secondary N) is 1. The minimum Gasteiger partial charge on any atom is -0.371 e. The molecule has 0 radical (unpaired) electrons. The molecule has 2 aromatic heterocycles. The molecular weight excluding hydrogens is 454 g/mol. The molecule has 6 nitrogen and oxygen atoms in total. The fraction of sp³-hybridized carbons (Fsp3) is 0.250. The van der Waals surface area contributed by atoms with E-state index in [-0.39, 0.29) is 42.0 Å². The first-order valence-electron chi connectivity index (χ1n) is 9.23. The predicted octanol–water partition coefficient (Wildman–Crippen LogP) is 5.74. The maximum atomic E-state index is 13.7. The molecule has 0 amide bonds. The van der Waals surface area contributed by atoms with Crippen LogP contribution in [0.5, 0.6) is 0 Å². The van der Waals surface area contributed by atoms with E-state index in [2.05, 4.69) is 20.1 Å². The zero-order valence-corrected chi connectivity index (χ0v) is 17.7. The number of alkyl halides is 3. The van der Waals surface area contributed by atoms with Crippen molar-refractivity contribution in [2.75, 3.05) is 18.0 Å². The van der Waals surface area contributed by atoms with E-state index in [4.69, 9.17) is 4.52 Å². The quantitative estimate of drug-likeness (QED) is 0.412. The molecular formula is C20H18Cl2F3N5O. The van der Waals surface area contributed by atoms with Crippen LogP contribution in [-0.2, 0) is 6.18 Å². The van der Waals surface area contributed by atoms with Gasteiger partial charge in [-0.3, -0.25) is 0 Å². The van der Waals surface area contributed by atoms with E-state index < -0.39 is 11.7 Å². The Labute approximate surface area is 187 Å². The van der Waals surface area contributed by atoms with E-state index in [1.807, 2.05) is 12.1 Å². The summed E-state index contributed by atoms with van der Waals surface area (Å²) >= 11 is 0. The van der Waals surface area contributed by atoms with Crippen molar-refractivity contribution in [2.24, 2.45) is 0 Å². The van der Waals surface area contributed by atoms with Crippen molar-refractivity contribution in [2.45, 2.75) is 19.0 Å². The van der Waals surface area contributed by atoms with Crippen molar-refractivity contribution in [1.82, 2.24) is 20.1 Å². The Morgan fingerprint density at radius 3 is 2.45 bits per heavy atom. The first-order valence-corrected chi connectivity index (χ1v) is 9.23. The standard InChI is InChI=1S/C20H16F3N5O.2ClH/c21-20(22,23)14-9-13(4-6-17(14)28-7-1-2-8-28)19-26-18(27-29-19)12-3-5-15-16(10-12)25-11-24-15;;/h3-6,9-11H,1-2,7-8H2,(H,24,25);2*1H. The van der Waals surface area contributed by atoms with Gasteiger partial charge in [0.05, 0.1) is 22.9 Å². The van der Waals surface area contributed by atoms with Gasteiger partial charge in [0.1, 0.15) is 0 Å². The predicted molar refractivity (Wildman–Crippen MR) is 116 cm³/mol. The Balaban J connectivity index is 0.00000136. The molecule has 4 aromatic rings. The number of H-pyrrole nitrogens is 1. The summed E-state index contributed by atoms with van der Waals surface area (Å²) in [6.07, 6.45) is -1.10. The van der Waals surface area contributed by atoms with E-state index >= 15 is 0 Å². The third kappa shape index (κ3) is 4.33. The van der Waals surface area contributed by atoms with Crippen LogP contribution in [0.15, 0.2) is 47.2 Å². The summed E-state index contributed by atoms with van der Waals surface area (Å²) in [7, 11) is 0. The average Bonchev–Trinajstić information content (AvgIpc) is 3.47. The second kappa shape index (κ2) is 8.76. The van der Waals surface area contributed by atoms with Gasteiger partial charge >= 0.3 is 6.18 Å². The number of anilines is 1. The number of fused-ring (bicyclic) bond motifs is 1. The van der Waals surface area contributed by atoms with E-state index in [0.29, 0.717) is 24.5 Å². The van der Waals surface area contributed by atoms with Gasteiger partial charge in [-0.25, -0.2) is 4.98 Å². The molecule has 1 fully saturated rings. The van der Waals surface area contributed by atoms with E-state index in [0.717, 1.165) is 29.9 Å². The molecule has 3 heterocycles. The fourth-order valence-corrected chi connectivity index (χ4v) is 3.66. The Kier molecular flexibility index (Phi) is 6.47. The molecule has 0 atom stereocenters. The monoisotopic (exact) mass is 471 g/mol. The molecule has 11 heteroatoms. The second-order valence-corrected chi connectivity index (χ2v) is 6.98. The number of benzene rings is 2. The summed E-state index contributed by atoms with van der Waals surface area (Å²) in [4.78, 5) is 13.2. The van der Waals surface area contributed by atoms with Gasteiger partial charge < -0.3 is 14.4 Å². The third-order valence-electron chi connectivity index (χ3n) is 5.10. The summed E-state index contributed by atoms with van der Waals surface area (Å²) in [6.45, 7) is 1.26. The van der Waals surface area contributed by atoms with Gasteiger partial charge in [0.25, 0.3) is 5.89 Å². The molecule has 31 heavy (non-hydrogen) atoms. The number of aromatic amines is 1. The second-order valence-electron chi connectivity index (χ2n) is 6.98. The number of imidazole rings is 1. The highest BCUT2D eigenvalue weighted by Gasteiger charge is 2.36. The van der Waals surface area contributed by atoms with Gasteiger partial charge in [-0.05, 0) is 49.2 Å². The lowest BCUT2D eigenvalue weighted by atomic mass is 10.1. The number of halogens is 5. The van der Waals surface area contributed by atoms with Crippen molar-refractivity contribution < 1.29 is 17.7 Å². The molecule has 1 saturated heterocycles. The van der Waals surface area contributed by atoms with Crippen LogP contribution in [0.1, 0.15) is 18.4 Å². The van der Waals surface area contributed by atoms with Crippen LogP contribution in [0, 0.1) is 0 Å². The largest absolute Gasteiger partial charge is 0.418 e. The zero-order valence-electron chi connectivity index (χ0n) is 16.0. The van der Waals surface area contributed by atoms with Crippen LogP contribution in [0.2, 0.25) is 0 Å². The molecule has 0 saturated carbocycles. The minimum atomic E-state index is -4.47. The number of nitrogens with zero attached hydrogens (tertiary/aromatic N) is 4. The van der Waals surface area contributed by atoms with Crippen LogP contribution in [-0.4, -0.2) is 33.2 Å². The maximum Gasteiger partial charge on any atom is 0.418 e. The lowest BCUT2D eigenvalue weighted by Gasteiger charge is -2.23. The summed E-state index contributed by atoms with van der Waals surface area (Å²) in [5.41, 5.74) is 2.04. The third-order valence-corrected chi connectivity index (χ3v) is 5.10. The lowest BCUT2D eigenvalue weighted by Crippen LogP contribution is -2.22. The van der Waals surface area contributed by atoms with Crippen LogP contribution in [0.4, 0.5) is 18.9 Å². The fourth-order valence-electron chi connectivity index (χ4n) is 3.66. The highest BCUT2D eigenvalue weighted by Crippen LogP contribution is 2.40. The zero-order chi connectivity index (χ0) is 20.0.